The van der Waals surface area contributed by atoms with Crippen LogP contribution >= 0.6 is 0 Å². The molecule has 1 aromatic heterocycles. The van der Waals surface area contributed by atoms with Crippen molar-refractivity contribution in [1.29, 1.82) is 0 Å². The van der Waals surface area contributed by atoms with Crippen LogP contribution in [0.2, 0.25) is 0 Å². The molecule has 29 heavy (non-hydrogen) atoms. The molecule has 156 valence electrons. The van der Waals surface area contributed by atoms with Gasteiger partial charge in [-0.25, -0.2) is 9.78 Å². The lowest BCUT2D eigenvalue weighted by atomic mass is 10.1. The molecule has 1 aromatic carbocycles. The molecule has 3 rings (SSSR count). The van der Waals surface area contributed by atoms with Crippen LogP contribution in [0.1, 0.15) is 11.1 Å². The van der Waals surface area contributed by atoms with Crippen molar-refractivity contribution < 1.29 is 32.2 Å². The Balaban J connectivity index is 1.44. The van der Waals surface area contributed by atoms with E-state index in [1.807, 2.05) is 6.07 Å². The van der Waals surface area contributed by atoms with E-state index >= 15 is 0 Å². The Morgan fingerprint density at radius 2 is 1.90 bits per heavy atom. The summed E-state index contributed by atoms with van der Waals surface area (Å²) in [5, 5.41) is 2.79. The number of hydrogen-bond donors (Lipinski definition) is 1. The molecule has 0 bridgehead atoms. The third-order valence-corrected chi connectivity index (χ3v) is 4.38. The van der Waals surface area contributed by atoms with Gasteiger partial charge in [0.25, 0.3) is 0 Å². The van der Waals surface area contributed by atoms with Gasteiger partial charge in [0, 0.05) is 18.8 Å². The minimum absolute atomic E-state index is 0.0911. The summed E-state index contributed by atoms with van der Waals surface area (Å²) in [5.41, 5.74) is 0.00732. The van der Waals surface area contributed by atoms with E-state index in [0.29, 0.717) is 31.1 Å². The molecule has 7 nitrogen and oxygen atoms in total. The van der Waals surface area contributed by atoms with Crippen LogP contribution in [0.15, 0.2) is 36.5 Å². The van der Waals surface area contributed by atoms with E-state index in [2.05, 4.69) is 10.3 Å². The summed E-state index contributed by atoms with van der Waals surface area (Å²) >= 11 is 0. The standard InChI is InChI=1S/C19H20F3N3O4/c1-27-15-5-3-12(7-16(15)28-2)8-24-18(26)25-10-14(11-25)29-17-6-4-13(9-23-17)19(20,21)22/h3-7,9,14H,8,10-11H2,1-2H3,(H,24,26). The number of benzene rings is 1. The van der Waals surface area contributed by atoms with E-state index in [1.54, 1.807) is 19.2 Å². The molecule has 1 N–H and O–H groups in total. The Bertz CT molecular complexity index is 853. The first-order valence-electron chi connectivity index (χ1n) is 8.73. The monoisotopic (exact) mass is 411 g/mol. The molecular formula is C19H20F3N3O4. The van der Waals surface area contributed by atoms with Crippen LogP contribution in [0.4, 0.5) is 18.0 Å². The number of nitrogens with one attached hydrogen (secondary N) is 1. The first kappa shape index (κ1) is 20.6. The van der Waals surface area contributed by atoms with E-state index in [1.165, 1.54) is 18.1 Å². The zero-order valence-corrected chi connectivity index (χ0v) is 15.8. The number of aromatic nitrogens is 1. The molecule has 1 aliphatic rings. The Morgan fingerprint density at radius 3 is 2.48 bits per heavy atom. The second-order valence-electron chi connectivity index (χ2n) is 6.38. The van der Waals surface area contributed by atoms with Crippen LogP contribution in [-0.2, 0) is 12.7 Å². The molecule has 0 atom stereocenters. The number of urea groups is 1. The lowest BCUT2D eigenvalue weighted by Gasteiger charge is -2.38. The van der Waals surface area contributed by atoms with Gasteiger partial charge in [-0.3, -0.25) is 0 Å². The van der Waals surface area contributed by atoms with E-state index in [4.69, 9.17) is 14.2 Å². The third-order valence-electron chi connectivity index (χ3n) is 4.38. The summed E-state index contributed by atoms with van der Waals surface area (Å²) in [7, 11) is 3.08. The third kappa shape index (κ3) is 5.01. The molecule has 1 aliphatic heterocycles. The number of likely N-dealkylation sites (tertiary alicyclic amines) is 1. The highest BCUT2D eigenvalue weighted by Crippen LogP contribution is 2.30. The predicted molar refractivity (Wildman–Crippen MR) is 97.0 cm³/mol. The number of hydrogen-bond acceptors (Lipinski definition) is 5. The Morgan fingerprint density at radius 1 is 1.17 bits per heavy atom. The second-order valence-corrected chi connectivity index (χ2v) is 6.38. The topological polar surface area (TPSA) is 72.9 Å². The van der Waals surface area contributed by atoms with Crippen LogP contribution in [0.5, 0.6) is 17.4 Å². The number of alkyl halides is 3. The van der Waals surface area contributed by atoms with Gasteiger partial charge in [-0.2, -0.15) is 13.2 Å². The number of rotatable bonds is 6. The average molecular weight is 411 g/mol. The Kier molecular flexibility index (Phi) is 6.00. The van der Waals surface area contributed by atoms with Crippen molar-refractivity contribution in [2.45, 2.75) is 18.8 Å². The number of halogens is 3. The van der Waals surface area contributed by atoms with Crippen LogP contribution in [0.25, 0.3) is 0 Å². The van der Waals surface area contributed by atoms with Gasteiger partial charge >= 0.3 is 12.2 Å². The number of nitrogens with zero attached hydrogens (tertiary/aromatic N) is 2. The molecule has 10 heteroatoms. The maximum absolute atomic E-state index is 12.5. The summed E-state index contributed by atoms with van der Waals surface area (Å²) in [5.74, 6) is 1.26. The van der Waals surface area contributed by atoms with Gasteiger partial charge in [0.2, 0.25) is 5.88 Å². The molecule has 2 heterocycles. The maximum atomic E-state index is 12.5. The number of carbonyl (C=O) groups excluding carboxylic acids is 1. The molecule has 0 unspecified atom stereocenters. The molecule has 0 saturated carbocycles. The van der Waals surface area contributed by atoms with Crippen molar-refractivity contribution in [3.63, 3.8) is 0 Å². The van der Waals surface area contributed by atoms with Gasteiger partial charge in [0.05, 0.1) is 32.9 Å². The summed E-state index contributed by atoms with van der Waals surface area (Å²) in [6, 6.07) is 7.17. The summed E-state index contributed by atoms with van der Waals surface area (Å²) in [6.45, 7) is 0.947. The predicted octanol–water partition coefficient (Wildman–Crippen LogP) is 3.09. The van der Waals surface area contributed by atoms with E-state index in [0.717, 1.165) is 17.8 Å². The smallest absolute Gasteiger partial charge is 0.417 e. The lowest BCUT2D eigenvalue weighted by molar-refractivity contribution is -0.137. The van der Waals surface area contributed by atoms with Crippen LogP contribution < -0.4 is 19.5 Å². The van der Waals surface area contributed by atoms with E-state index in [-0.39, 0.29) is 18.0 Å². The van der Waals surface area contributed by atoms with Crippen LogP contribution in [-0.4, -0.2) is 49.3 Å². The van der Waals surface area contributed by atoms with E-state index < -0.39 is 11.7 Å². The van der Waals surface area contributed by atoms with Gasteiger partial charge in [-0.15, -0.1) is 0 Å². The molecule has 0 radical (unpaired) electrons. The van der Waals surface area contributed by atoms with E-state index in [9.17, 15) is 18.0 Å². The molecule has 1 fully saturated rings. The van der Waals surface area contributed by atoms with Crippen LogP contribution in [0, 0.1) is 0 Å². The van der Waals surface area contributed by atoms with Gasteiger partial charge in [0.15, 0.2) is 11.5 Å². The Labute approximate surface area is 165 Å². The van der Waals surface area contributed by atoms with Crippen molar-refractivity contribution in [2.75, 3.05) is 27.3 Å². The first-order chi connectivity index (χ1) is 13.8. The molecule has 1 saturated heterocycles. The fourth-order valence-corrected chi connectivity index (χ4v) is 2.75. The molecule has 2 amide bonds. The Hall–Kier alpha value is -3.17. The SMILES string of the molecule is COc1ccc(CNC(=O)N2CC(Oc3ccc(C(F)(F)F)cn3)C2)cc1OC. The average Bonchev–Trinajstić information content (AvgIpc) is 2.68. The van der Waals surface area contributed by atoms with Crippen molar-refractivity contribution in [3.8, 4) is 17.4 Å². The van der Waals surface area contributed by atoms with Crippen LogP contribution in [0.3, 0.4) is 0 Å². The number of ether oxygens (including phenoxy) is 3. The zero-order chi connectivity index (χ0) is 21.0. The minimum Gasteiger partial charge on any atom is -0.493 e. The maximum Gasteiger partial charge on any atom is 0.417 e. The second kappa shape index (κ2) is 8.46. The first-order valence-corrected chi connectivity index (χ1v) is 8.73. The zero-order valence-electron chi connectivity index (χ0n) is 15.8. The largest absolute Gasteiger partial charge is 0.493 e. The molecule has 0 spiro atoms. The minimum atomic E-state index is -4.44. The lowest BCUT2D eigenvalue weighted by Crippen LogP contribution is -2.58. The number of carbonyl (C=O) groups is 1. The van der Waals surface area contributed by atoms with Gasteiger partial charge in [0.1, 0.15) is 6.10 Å². The quantitative estimate of drug-likeness (QED) is 0.791. The number of amides is 2. The molecule has 0 aliphatic carbocycles. The summed E-state index contributed by atoms with van der Waals surface area (Å²) in [6.07, 6.45) is -4.03. The summed E-state index contributed by atoms with van der Waals surface area (Å²) < 4.78 is 53.5. The van der Waals surface area contributed by atoms with Gasteiger partial charge in [-0.1, -0.05) is 6.07 Å². The highest BCUT2D eigenvalue weighted by Gasteiger charge is 2.33. The van der Waals surface area contributed by atoms with Gasteiger partial charge in [-0.05, 0) is 23.8 Å². The van der Waals surface area contributed by atoms with Crippen molar-refractivity contribution >= 4 is 6.03 Å². The van der Waals surface area contributed by atoms with Crippen molar-refractivity contribution in [1.82, 2.24) is 15.2 Å². The normalized spacial score (nSPS) is 14.2. The van der Waals surface area contributed by atoms with Gasteiger partial charge < -0.3 is 24.4 Å². The highest BCUT2D eigenvalue weighted by atomic mass is 19.4. The fraction of sp³-hybridized carbons (Fsp3) is 0.368. The fourth-order valence-electron chi connectivity index (χ4n) is 2.75. The van der Waals surface area contributed by atoms with Crippen molar-refractivity contribution in [2.24, 2.45) is 0 Å². The molecular weight excluding hydrogens is 391 g/mol. The summed E-state index contributed by atoms with van der Waals surface area (Å²) in [4.78, 5) is 17.4. The number of methoxy groups -OCH3 is 2. The highest BCUT2D eigenvalue weighted by molar-refractivity contribution is 5.75. The van der Waals surface area contributed by atoms with Crippen molar-refractivity contribution in [3.05, 3.63) is 47.7 Å². The molecule has 2 aromatic rings. The number of pyridine rings is 1.